The van der Waals surface area contributed by atoms with Crippen LogP contribution in [0.1, 0.15) is 6.42 Å². The Bertz CT molecular complexity index is 108. The van der Waals surface area contributed by atoms with Crippen molar-refractivity contribution in [2.45, 2.75) is 6.42 Å². The van der Waals surface area contributed by atoms with E-state index in [9.17, 15) is 4.79 Å². The number of ether oxygens (including phenoxy) is 1. The molecule has 3 heteroatoms. The highest BCUT2D eigenvalue weighted by molar-refractivity contribution is 6.27. The molecule has 0 saturated carbocycles. The molecule has 2 nitrogen and oxygen atoms in total. The molecule has 1 heterocycles. The molecule has 0 aliphatic carbocycles. The molecule has 0 aromatic heterocycles. The van der Waals surface area contributed by atoms with Crippen molar-refractivity contribution in [3.63, 3.8) is 0 Å². The number of carbonyl (C=O) groups excluding carboxylic acids is 1. The van der Waals surface area contributed by atoms with E-state index in [4.69, 9.17) is 16.3 Å². The fourth-order valence-electron chi connectivity index (χ4n) is 0.898. The van der Waals surface area contributed by atoms with E-state index in [1.54, 1.807) is 0 Å². The van der Waals surface area contributed by atoms with Crippen LogP contribution in [-0.2, 0) is 9.53 Å². The molecule has 0 radical (unpaired) electrons. The van der Waals surface area contributed by atoms with Gasteiger partial charge in [-0.15, -0.1) is 11.6 Å². The van der Waals surface area contributed by atoms with E-state index in [0.29, 0.717) is 13.2 Å². The lowest BCUT2D eigenvalue weighted by Crippen LogP contribution is -2.15. The van der Waals surface area contributed by atoms with Crippen molar-refractivity contribution in [2.24, 2.45) is 5.92 Å². The van der Waals surface area contributed by atoms with Crippen molar-refractivity contribution in [3.05, 3.63) is 0 Å². The van der Waals surface area contributed by atoms with Gasteiger partial charge in [0.1, 0.15) is 0 Å². The lowest BCUT2D eigenvalue weighted by atomic mass is 10.1. The highest BCUT2D eigenvalue weighted by Crippen LogP contribution is 2.13. The number of ketones is 1. The summed E-state index contributed by atoms with van der Waals surface area (Å²) in [7, 11) is 0. The minimum Gasteiger partial charge on any atom is -0.381 e. The van der Waals surface area contributed by atoms with Crippen molar-refractivity contribution in [1.82, 2.24) is 0 Å². The predicted molar refractivity (Wildman–Crippen MR) is 34.7 cm³/mol. The molecular weight excluding hydrogens is 140 g/mol. The smallest absolute Gasteiger partial charge is 0.153 e. The van der Waals surface area contributed by atoms with Gasteiger partial charge in [0.15, 0.2) is 5.78 Å². The van der Waals surface area contributed by atoms with E-state index in [1.807, 2.05) is 0 Å². The van der Waals surface area contributed by atoms with Gasteiger partial charge in [0.25, 0.3) is 0 Å². The molecule has 1 unspecified atom stereocenters. The maximum Gasteiger partial charge on any atom is 0.153 e. The summed E-state index contributed by atoms with van der Waals surface area (Å²) in [6, 6.07) is 0. The van der Waals surface area contributed by atoms with E-state index in [0.717, 1.165) is 6.42 Å². The highest BCUT2D eigenvalue weighted by atomic mass is 35.5. The number of halogens is 1. The fourth-order valence-corrected chi connectivity index (χ4v) is 1.12. The minimum absolute atomic E-state index is 0.0856. The Kier molecular flexibility index (Phi) is 2.49. The van der Waals surface area contributed by atoms with E-state index in [1.165, 1.54) is 0 Å². The number of alkyl halides is 1. The molecule has 0 amide bonds. The average Bonchev–Trinajstić information content (AvgIpc) is 2.37. The largest absolute Gasteiger partial charge is 0.381 e. The third-order valence-corrected chi connectivity index (χ3v) is 1.78. The van der Waals surface area contributed by atoms with E-state index in [-0.39, 0.29) is 17.6 Å². The topological polar surface area (TPSA) is 26.3 Å². The van der Waals surface area contributed by atoms with Crippen molar-refractivity contribution in [2.75, 3.05) is 19.1 Å². The lowest BCUT2D eigenvalue weighted by Gasteiger charge is -1.99. The van der Waals surface area contributed by atoms with Crippen LogP contribution < -0.4 is 0 Å². The second-order valence-corrected chi connectivity index (χ2v) is 2.43. The van der Waals surface area contributed by atoms with Gasteiger partial charge in [0.2, 0.25) is 0 Å². The van der Waals surface area contributed by atoms with Crippen LogP contribution >= 0.6 is 11.6 Å². The summed E-state index contributed by atoms with van der Waals surface area (Å²) in [5, 5.41) is 0. The zero-order valence-corrected chi connectivity index (χ0v) is 5.86. The van der Waals surface area contributed by atoms with Gasteiger partial charge >= 0.3 is 0 Å². The van der Waals surface area contributed by atoms with Gasteiger partial charge in [-0.3, -0.25) is 4.79 Å². The van der Waals surface area contributed by atoms with E-state index < -0.39 is 0 Å². The Morgan fingerprint density at radius 1 is 1.78 bits per heavy atom. The molecular formula is C6H9ClO2. The second kappa shape index (κ2) is 3.18. The Morgan fingerprint density at radius 3 is 3.00 bits per heavy atom. The highest BCUT2D eigenvalue weighted by Gasteiger charge is 2.21. The standard InChI is InChI=1S/C6H9ClO2/c7-3-6(8)5-1-2-9-4-5/h5H,1-4H2. The Hall–Kier alpha value is -0.0800. The third-order valence-electron chi connectivity index (χ3n) is 1.52. The van der Waals surface area contributed by atoms with Crippen LogP contribution in [0.4, 0.5) is 0 Å². The third kappa shape index (κ3) is 1.66. The van der Waals surface area contributed by atoms with Crippen molar-refractivity contribution < 1.29 is 9.53 Å². The minimum atomic E-state index is 0.0856. The van der Waals surface area contributed by atoms with Gasteiger partial charge < -0.3 is 4.74 Å². The van der Waals surface area contributed by atoms with Crippen LogP contribution in [-0.4, -0.2) is 24.9 Å². The van der Waals surface area contributed by atoms with Crippen molar-refractivity contribution >= 4 is 17.4 Å². The molecule has 1 atom stereocenters. The van der Waals surface area contributed by atoms with Gasteiger partial charge in [-0.2, -0.15) is 0 Å². The van der Waals surface area contributed by atoms with Crippen LogP contribution in [0.25, 0.3) is 0 Å². The van der Waals surface area contributed by atoms with E-state index >= 15 is 0 Å². The summed E-state index contributed by atoms with van der Waals surface area (Å²) in [6.07, 6.45) is 0.853. The molecule has 0 bridgehead atoms. The molecule has 52 valence electrons. The quantitative estimate of drug-likeness (QED) is 0.543. The summed E-state index contributed by atoms with van der Waals surface area (Å²) >= 11 is 5.33. The SMILES string of the molecule is O=C(CCl)C1CCOC1. The van der Waals surface area contributed by atoms with Crippen LogP contribution in [0.2, 0.25) is 0 Å². The Balaban J connectivity index is 2.32. The van der Waals surface area contributed by atoms with E-state index in [2.05, 4.69) is 0 Å². The molecule has 0 aromatic carbocycles. The van der Waals surface area contributed by atoms with Gasteiger partial charge in [-0.05, 0) is 6.42 Å². The normalized spacial score (nSPS) is 26.6. The monoisotopic (exact) mass is 148 g/mol. The molecule has 1 saturated heterocycles. The van der Waals surface area contributed by atoms with Gasteiger partial charge in [0, 0.05) is 12.5 Å². The van der Waals surface area contributed by atoms with Gasteiger partial charge in [-0.25, -0.2) is 0 Å². The van der Waals surface area contributed by atoms with Crippen LogP contribution in [0, 0.1) is 5.92 Å². The molecule has 9 heavy (non-hydrogen) atoms. The molecule has 0 N–H and O–H groups in total. The molecule has 1 aliphatic rings. The maximum atomic E-state index is 10.8. The number of Topliss-reactive ketones (excluding diaryl/α,β-unsaturated/α-hetero) is 1. The van der Waals surface area contributed by atoms with Crippen molar-refractivity contribution in [1.29, 1.82) is 0 Å². The Labute approximate surface area is 59.1 Å². The first-order chi connectivity index (χ1) is 4.34. The van der Waals surface area contributed by atoms with Crippen molar-refractivity contribution in [3.8, 4) is 0 Å². The number of hydrogen-bond donors (Lipinski definition) is 0. The number of carbonyl (C=O) groups is 1. The zero-order valence-electron chi connectivity index (χ0n) is 5.10. The summed E-state index contributed by atoms with van der Waals surface area (Å²) < 4.78 is 5.00. The Morgan fingerprint density at radius 2 is 2.56 bits per heavy atom. The number of rotatable bonds is 2. The first kappa shape index (κ1) is 7.03. The second-order valence-electron chi connectivity index (χ2n) is 2.16. The lowest BCUT2D eigenvalue weighted by molar-refractivity contribution is -0.120. The molecule has 1 fully saturated rings. The summed E-state index contributed by atoms with van der Waals surface area (Å²) in [4.78, 5) is 10.8. The molecule has 1 aliphatic heterocycles. The zero-order chi connectivity index (χ0) is 6.69. The summed E-state index contributed by atoms with van der Waals surface area (Å²) in [5.74, 6) is 0.338. The van der Waals surface area contributed by atoms with Crippen LogP contribution in [0.3, 0.4) is 0 Å². The predicted octanol–water partition coefficient (Wildman–Crippen LogP) is 0.831. The first-order valence-corrected chi connectivity index (χ1v) is 3.54. The maximum absolute atomic E-state index is 10.8. The first-order valence-electron chi connectivity index (χ1n) is 3.01. The molecule has 0 aromatic rings. The summed E-state index contributed by atoms with van der Waals surface area (Å²) in [5.41, 5.74) is 0. The van der Waals surface area contributed by atoms with Crippen LogP contribution in [0.15, 0.2) is 0 Å². The van der Waals surface area contributed by atoms with Gasteiger partial charge in [-0.1, -0.05) is 0 Å². The van der Waals surface area contributed by atoms with Crippen LogP contribution in [0.5, 0.6) is 0 Å². The average molecular weight is 149 g/mol. The summed E-state index contributed by atoms with van der Waals surface area (Å²) in [6.45, 7) is 1.29. The fraction of sp³-hybridized carbons (Fsp3) is 0.833. The number of hydrogen-bond acceptors (Lipinski definition) is 2. The molecule has 1 rings (SSSR count). The molecule has 0 spiro atoms. The van der Waals surface area contributed by atoms with Gasteiger partial charge in [0.05, 0.1) is 12.5 Å².